The zero-order valence-corrected chi connectivity index (χ0v) is 11.8. The summed E-state index contributed by atoms with van der Waals surface area (Å²) < 4.78 is 4.73. The molecule has 108 valence electrons. The molecular formula is C17H17NO3. The molecule has 0 aliphatic heterocycles. The SMILES string of the molecule is C=CC(=O)N[C@H](Cc1ccc2ccccc2c1)C(=O)OC. The van der Waals surface area contributed by atoms with Gasteiger partial charge in [-0.15, -0.1) is 0 Å². The van der Waals surface area contributed by atoms with Gasteiger partial charge in [0.1, 0.15) is 6.04 Å². The van der Waals surface area contributed by atoms with E-state index in [4.69, 9.17) is 4.74 Å². The zero-order chi connectivity index (χ0) is 15.2. The van der Waals surface area contributed by atoms with Crippen molar-refractivity contribution in [3.63, 3.8) is 0 Å². The van der Waals surface area contributed by atoms with E-state index in [0.717, 1.165) is 22.4 Å². The second-order valence-electron chi connectivity index (χ2n) is 4.67. The van der Waals surface area contributed by atoms with Crippen LogP contribution >= 0.6 is 0 Å². The van der Waals surface area contributed by atoms with Crippen LogP contribution in [-0.2, 0) is 20.7 Å². The van der Waals surface area contributed by atoms with E-state index in [1.165, 1.54) is 7.11 Å². The van der Waals surface area contributed by atoms with Gasteiger partial charge in [0.25, 0.3) is 0 Å². The number of hydrogen-bond donors (Lipinski definition) is 1. The Kier molecular flexibility index (Phi) is 4.72. The highest BCUT2D eigenvalue weighted by Crippen LogP contribution is 2.17. The van der Waals surface area contributed by atoms with Crippen molar-refractivity contribution in [3.05, 3.63) is 60.7 Å². The van der Waals surface area contributed by atoms with E-state index >= 15 is 0 Å². The molecule has 0 fully saturated rings. The molecule has 2 aromatic carbocycles. The lowest BCUT2D eigenvalue weighted by Gasteiger charge is -2.15. The summed E-state index contributed by atoms with van der Waals surface area (Å²) in [4.78, 5) is 23.2. The molecule has 0 aromatic heterocycles. The topological polar surface area (TPSA) is 55.4 Å². The first kappa shape index (κ1) is 14.8. The van der Waals surface area contributed by atoms with E-state index in [0.29, 0.717) is 6.42 Å². The lowest BCUT2D eigenvalue weighted by atomic mass is 10.0. The third-order valence-electron chi connectivity index (χ3n) is 3.24. The second-order valence-corrected chi connectivity index (χ2v) is 4.67. The van der Waals surface area contributed by atoms with E-state index in [2.05, 4.69) is 11.9 Å². The number of hydrogen-bond acceptors (Lipinski definition) is 3. The van der Waals surface area contributed by atoms with Crippen LogP contribution in [0.3, 0.4) is 0 Å². The highest BCUT2D eigenvalue weighted by atomic mass is 16.5. The maximum absolute atomic E-state index is 11.8. The quantitative estimate of drug-likeness (QED) is 0.676. The molecule has 1 N–H and O–H groups in total. The van der Waals surface area contributed by atoms with Crippen LogP contribution in [0.1, 0.15) is 5.56 Å². The van der Waals surface area contributed by atoms with Crippen LogP contribution in [0.25, 0.3) is 10.8 Å². The predicted molar refractivity (Wildman–Crippen MR) is 81.8 cm³/mol. The lowest BCUT2D eigenvalue weighted by Crippen LogP contribution is -2.42. The minimum atomic E-state index is -0.721. The summed E-state index contributed by atoms with van der Waals surface area (Å²) in [6.45, 7) is 3.38. The van der Waals surface area contributed by atoms with Crippen LogP contribution in [0.15, 0.2) is 55.1 Å². The summed E-state index contributed by atoms with van der Waals surface area (Å²) in [7, 11) is 1.30. The third-order valence-corrected chi connectivity index (χ3v) is 3.24. The van der Waals surface area contributed by atoms with Crippen LogP contribution in [0.2, 0.25) is 0 Å². The molecule has 0 spiro atoms. The van der Waals surface area contributed by atoms with Crippen LogP contribution in [-0.4, -0.2) is 25.0 Å². The molecule has 0 saturated heterocycles. The summed E-state index contributed by atoms with van der Waals surface area (Å²) in [5, 5.41) is 4.80. The first-order valence-corrected chi connectivity index (χ1v) is 6.62. The monoisotopic (exact) mass is 283 g/mol. The Labute approximate surface area is 123 Å². The molecule has 0 saturated carbocycles. The predicted octanol–water partition coefficient (Wildman–Crippen LogP) is 2.23. The van der Waals surface area contributed by atoms with Crippen molar-refractivity contribution < 1.29 is 14.3 Å². The molecule has 0 bridgehead atoms. The van der Waals surface area contributed by atoms with Gasteiger partial charge < -0.3 is 10.1 Å². The molecule has 1 amide bonds. The number of nitrogens with one attached hydrogen (secondary N) is 1. The summed E-state index contributed by atoms with van der Waals surface area (Å²) in [6, 6.07) is 13.2. The average molecular weight is 283 g/mol. The standard InChI is InChI=1S/C17H17NO3/c1-3-16(19)18-15(17(20)21-2)11-12-8-9-13-6-4-5-7-14(13)10-12/h3-10,15H,1,11H2,2H3,(H,18,19)/t15-/m1/s1. The Balaban J connectivity index is 2.22. The highest BCUT2D eigenvalue weighted by molar-refractivity contribution is 5.91. The van der Waals surface area contributed by atoms with E-state index in [9.17, 15) is 9.59 Å². The number of esters is 1. The van der Waals surface area contributed by atoms with Crippen molar-refractivity contribution in [1.29, 1.82) is 0 Å². The normalized spacial score (nSPS) is 11.7. The van der Waals surface area contributed by atoms with E-state index in [-0.39, 0.29) is 0 Å². The van der Waals surface area contributed by atoms with Gasteiger partial charge in [0.2, 0.25) is 5.91 Å². The summed E-state index contributed by atoms with van der Waals surface area (Å²) in [5.74, 6) is -0.871. The number of carbonyl (C=O) groups is 2. The fourth-order valence-electron chi connectivity index (χ4n) is 2.17. The Morgan fingerprint density at radius 2 is 1.95 bits per heavy atom. The number of ether oxygens (including phenoxy) is 1. The van der Waals surface area contributed by atoms with Crippen LogP contribution < -0.4 is 5.32 Å². The van der Waals surface area contributed by atoms with Gasteiger partial charge in [-0.2, -0.15) is 0 Å². The molecule has 2 rings (SSSR count). The molecule has 21 heavy (non-hydrogen) atoms. The Hall–Kier alpha value is -2.62. The van der Waals surface area contributed by atoms with E-state index < -0.39 is 17.9 Å². The number of carbonyl (C=O) groups excluding carboxylic acids is 2. The van der Waals surface area contributed by atoms with Gasteiger partial charge in [-0.1, -0.05) is 49.0 Å². The zero-order valence-electron chi connectivity index (χ0n) is 11.8. The van der Waals surface area contributed by atoms with Gasteiger partial charge in [0.05, 0.1) is 7.11 Å². The minimum Gasteiger partial charge on any atom is -0.467 e. The van der Waals surface area contributed by atoms with Gasteiger partial charge in [-0.3, -0.25) is 4.79 Å². The van der Waals surface area contributed by atoms with Crippen molar-refractivity contribution in [2.75, 3.05) is 7.11 Å². The summed E-state index contributed by atoms with van der Waals surface area (Å²) >= 11 is 0. The summed E-state index contributed by atoms with van der Waals surface area (Å²) in [5.41, 5.74) is 0.952. The first-order valence-electron chi connectivity index (χ1n) is 6.62. The largest absolute Gasteiger partial charge is 0.467 e. The molecular weight excluding hydrogens is 266 g/mol. The van der Waals surface area contributed by atoms with Crippen LogP contribution in [0.4, 0.5) is 0 Å². The highest BCUT2D eigenvalue weighted by Gasteiger charge is 2.21. The molecule has 0 aliphatic rings. The van der Waals surface area contributed by atoms with Crippen molar-refractivity contribution >= 4 is 22.6 Å². The number of benzene rings is 2. The Morgan fingerprint density at radius 1 is 1.24 bits per heavy atom. The van der Waals surface area contributed by atoms with E-state index in [1.807, 2.05) is 42.5 Å². The molecule has 4 nitrogen and oxygen atoms in total. The maximum Gasteiger partial charge on any atom is 0.328 e. The average Bonchev–Trinajstić information content (AvgIpc) is 2.53. The molecule has 4 heteroatoms. The van der Waals surface area contributed by atoms with Crippen molar-refractivity contribution in [3.8, 4) is 0 Å². The number of fused-ring (bicyclic) bond motifs is 1. The van der Waals surface area contributed by atoms with Crippen molar-refractivity contribution in [2.24, 2.45) is 0 Å². The van der Waals surface area contributed by atoms with E-state index in [1.54, 1.807) is 0 Å². The molecule has 0 radical (unpaired) electrons. The first-order chi connectivity index (χ1) is 10.1. The number of methoxy groups -OCH3 is 1. The Bertz CT molecular complexity index is 679. The second kappa shape index (κ2) is 6.70. The van der Waals surface area contributed by atoms with Gasteiger partial charge >= 0.3 is 5.97 Å². The number of rotatable bonds is 5. The van der Waals surface area contributed by atoms with Gasteiger partial charge in [-0.25, -0.2) is 4.79 Å². The third kappa shape index (κ3) is 3.69. The number of amides is 1. The molecule has 0 unspecified atom stereocenters. The van der Waals surface area contributed by atoms with Gasteiger partial charge in [0, 0.05) is 6.42 Å². The fraction of sp³-hybridized carbons (Fsp3) is 0.176. The molecule has 2 aromatic rings. The fourth-order valence-corrected chi connectivity index (χ4v) is 2.17. The van der Waals surface area contributed by atoms with Crippen molar-refractivity contribution in [1.82, 2.24) is 5.32 Å². The minimum absolute atomic E-state index is 0.372. The lowest BCUT2D eigenvalue weighted by molar-refractivity contribution is -0.144. The maximum atomic E-state index is 11.8. The smallest absolute Gasteiger partial charge is 0.328 e. The van der Waals surface area contributed by atoms with Crippen LogP contribution in [0, 0.1) is 0 Å². The summed E-state index contributed by atoms with van der Waals surface area (Å²) in [6.07, 6.45) is 1.51. The van der Waals surface area contributed by atoms with Gasteiger partial charge in [-0.05, 0) is 22.4 Å². The van der Waals surface area contributed by atoms with Gasteiger partial charge in [0.15, 0.2) is 0 Å². The van der Waals surface area contributed by atoms with Crippen molar-refractivity contribution in [2.45, 2.75) is 12.5 Å². The molecule has 1 atom stereocenters. The molecule has 0 heterocycles. The molecule has 0 aliphatic carbocycles. The van der Waals surface area contributed by atoms with Crippen LogP contribution in [0.5, 0.6) is 0 Å². The Morgan fingerprint density at radius 3 is 2.62 bits per heavy atom.